The molecule has 0 aliphatic rings. The summed E-state index contributed by atoms with van der Waals surface area (Å²) in [6.07, 6.45) is 0.913. The minimum atomic E-state index is -0.0405. The Kier molecular flexibility index (Phi) is 6.12. The van der Waals surface area contributed by atoms with E-state index in [0.29, 0.717) is 12.2 Å². The molecule has 2 aromatic carbocycles. The number of para-hydroxylation sites is 1. The van der Waals surface area contributed by atoms with Crippen molar-refractivity contribution in [2.45, 2.75) is 13.0 Å². The van der Waals surface area contributed by atoms with E-state index in [1.165, 1.54) is 5.56 Å². The first-order valence-electron chi connectivity index (χ1n) is 8.81. The van der Waals surface area contributed by atoms with Crippen LogP contribution in [0.4, 0.5) is 0 Å². The quantitative estimate of drug-likeness (QED) is 0.589. The highest BCUT2D eigenvalue weighted by Crippen LogP contribution is 2.30. The van der Waals surface area contributed by atoms with Gasteiger partial charge in [-0.1, -0.05) is 48.5 Å². The third kappa shape index (κ3) is 4.17. The smallest absolute Gasteiger partial charge is 0.269 e. The van der Waals surface area contributed by atoms with Crippen LogP contribution >= 0.6 is 15.9 Å². The lowest BCUT2D eigenvalue weighted by molar-refractivity contribution is 0.0943. The lowest BCUT2D eigenvalue weighted by Gasteiger charge is -2.16. The van der Waals surface area contributed by atoms with Gasteiger partial charge in [-0.2, -0.15) is 0 Å². The normalized spacial score (nSPS) is 11.2. The summed E-state index contributed by atoms with van der Waals surface area (Å²) < 4.78 is 2.80. The van der Waals surface area contributed by atoms with Gasteiger partial charge in [0.25, 0.3) is 5.91 Å². The second-order valence-corrected chi connectivity index (χ2v) is 7.36. The zero-order valence-electron chi connectivity index (χ0n) is 15.2. The predicted octanol–water partition coefficient (Wildman–Crippen LogP) is 4.19. The van der Waals surface area contributed by atoms with Crippen molar-refractivity contribution in [2.24, 2.45) is 7.05 Å². The van der Waals surface area contributed by atoms with Crippen LogP contribution < -0.4 is 5.32 Å². The van der Waals surface area contributed by atoms with Crippen molar-refractivity contribution in [2.75, 3.05) is 20.1 Å². The van der Waals surface area contributed by atoms with E-state index in [2.05, 4.69) is 57.5 Å². The molecule has 0 bridgehead atoms. The van der Waals surface area contributed by atoms with E-state index in [0.717, 1.165) is 34.9 Å². The number of nitrogens with zero attached hydrogens (tertiary/aromatic N) is 2. The molecule has 0 unspecified atom stereocenters. The van der Waals surface area contributed by atoms with Crippen LogP contribution in [-0.2, 0) is 13.6 Å². The highest BCUT2D eigenvalue weighted by Gasteiger charge is 2.18. The Balaban J connectivity index is 1.52. The molecule has 136 valence electrons. The summed E-state index contributed by atoms with van der Waals surface area (Å²) in [6.45, 7) is 2.51. The molecule has 4 nitrogen and oxygen atoms in total. The number of nitrogens with one attached hydrogen (secondary N) is 1. The van der Waals surface area contributed by atoms with Gasteiger partial charge >= 0.3 is 0 Å². The maximum absolute atomic E-state index is 12.6. The van der Waals surface area contributed by atoms with Gasteiger partial charge in [0.15, 0.2) is 0 Å². The number of hydrogen-bond donors (Lipinski definition) is 1. The first kappa shape index (κ1) is 18.7. The van der Waals surface area contributed by atoms with Crippen LogP contribution in [0.2, 0.25) is 0 Å². The van der Waals surface area contributed by atoms with Crippen molar-refractivity contribution >= 4 is 32.7 Å². The van der Waals surface area contributed by atoms with E-state index in [9.17, 15) is 4.79 Å². The summed E-state index contributed by atoms with van der Waals surface area (Å²) in [5.74, 6) is -0.0405. The fourth-order valence-corrected chi connectivity index (χ4v) is 3.99. The van der Waals surface area contributed by atoms with Crippen molar-refractivity contribution < 1.29 is 4.79 Å². The van der Waals surface area contributed by atoms with Crippen LogP contribution in [0, 0.1) is 0 Å². The summed E-state index contributed by atoms with van der Waals surface area (Å²) >= 11 is 3.58. The SMILES string of the molecule is CN(CCCNC(=O)c1c(Br)c2ccccc2n1C)Cc1ccccc1. The minimum Gasteiger partial charge on any atom is -0.351 e. The van der Waals surface area contributed by atoms with E-state index in [-0.39, 0.29) is 5.91 Å². The number of amides is 1. The van der Waals surface area contributed by atoms with Gasteiger partial charge in [0, 0.05) is 31.0 Å². The molecule has 0 atom stereocenters. The van der Waals surface area contributed by atoms with Gasteiger partial charge in [0.2, 0.25) is 0 Å². The molecule has 0 spiro atoms. The second kappa shape index (κ2) is 8.52. The number of rotatable bonds is 7. The first-order valence-corrected chi connectivity index (χ1v) is 9.61. The van der Waals surface area contributed by atoms with Gasteiger partial charge < -0.3 is 14.8 Å². The molecule has 0 saturated carbocycles. The number of halogens is 1. The third-order valence-corrected chi connectivity index (χ3v) is 5.36. The molecule has 3 rings (SSSR count). The molecule has 26 heavy (non-hydrogen) atoms. The molecule has 0 aliphatic heterocycles. The fraction of sp³-hybridized carbons (Fsp3) is 0.286. The zero-order valence-corrected chi connectivity index (χ0v) is 16.8. The Labute approximate surface area is 162 Å². The summed E-state index contributed by atoms with van der Waals surface area (Å²) in [5.41, 5.74) is 3.02. The highest BCUT2D eigenvalue weighted by atomic mass is 79.9. The van der Waals surface area contributed by atoms with Crippen molar-refractivity contribution in [3.05, 3.63) is 70.3 Å². The van der Waals surface area contributed by atoms with Gasteiger partial charge in [0.1, 0.15) is 5.69 Å². The molecule has 0 saturated heterocycles. The summed E-state index contributed by atoms with van der Waals surface area (Å²) in [7, 11) is 4.03. The van der Waals surface area contributed by atoms with Crippen LogP contribution in [0.25, 0.3) is 10.9 Å². The van der Waals surface area contributed by atoms with Crippen LogP contribution in [0.5, 0.6) is 0 Å². The average Bonchev–Trinajstić information content (AvgIpc) is 2.91. The Bertz CT molecular complexity index is 850. The van der Waals surface area contributed by atoms with Crippen molar-refractivity contribution in [1.82, 2.24) is 14.8 Å². The lowest BCUT2D eigenvalue weighted by Crippen LogP contribution is -2.29. The topological polar surface area (TPSA) is 37.3 Å². The van der Waals surface area contributed by atoms with E-state index < -0.39 is 0 Å². The standard InChI is InChI=1S/C21H24BrN3O/c1-24(15-16-9-4-3-5-10-16)14-8-13-23-21(26)20-19(22)17-11-6-7-12-18(17)25(20)2/h3-7,9-12H,8,13-15H2,1-2H3,(H,23,26). The van der Waals surface area contributed by atoms with E-state index in [1.807, 2.05) is 41.9 Å². The lowest BCUT2D eigenvalue weighted by atomic mass is 10.2. The number of fused-ring (bicyclic) bond motifs is 1. The Morgan fingerprint density at radius 3 is 2.54 bits per heavy atom. The number of aryl methyl sites for hydroxylation is 1. The highest BCUT2D eigenvalue weighted by molar-refractivity contribution is 9.10. The number of aromatic nitrogens is 1. The molecular weight excluding hydrogens is 390 g/mol. The van der Waals surface area contributed by atoms with Crippen LogP contribution in [0.15, 0.2) is 59.1 Å². The average molecular weight is 414 g/mol. The van der Waals surface area contributed by atoms with Crippen LogP contribution in [-0.4, -0.2) is 35.5 Å². The van der Waals surface area contributed by atoms with E-state index in [1.54, 1.807) is 0 Å². The minimum absolute atomic E-state index is 0.0405. The number of benzene rings is 2. The monoisotopic (exact) mass is 413 g/mol. The van der Waals surface area contributed by atoms with Gasteiger partial charge in [-0.05, 0) is 47.6 Å². The second-order valence-electron chi connectivity index (χ2n) is 6.57. The molecular formula is C21H24BrN3O. The number of carbonyl (C=O) groups excluding carboxylic acids is 1. The zero-order chi connectivity index (χ0) is 18.5. The van der Waals surface area contributed by atoms with Crippen LogP contribution in [0.3, 0.4) is 0 Å². The first-order chi connectivity index (χ1) is 12.6. The molecule has 1 N–H and O–H groups in total. The van der Waals surface area contributed by atoms with Crippen LogP contribution in [0.1, 0.15) is 22.5 Å². The van der Waals surface area contributed by atoms with E-state index >= 15 is 0 Å². The van der Waals surface area contributed by atoms with Crippen molar-refractivity contribution in [3.8, 4) is 0 Å². The van der Waals surface area contributed by atoms with Crippen molar-refractivity contribution in [1.29, 1.82) is 0 Å². The Morgan fingerprint density at radius 2 is 1.81 bits per heavy atom. The van der Waals surface area contributed by atoms with Gasteiger partial charge in [-0.15, -0.1) is 0 Å². The molecule has 1 heterocycles. The number of carbonyl (C=O) groups is 1. The molecule has 1 amide bonds. The summed E-state index contributed by atoms with van der Waals surface area (Å²) in [5, 5.41) is 4.10. The fourth-order valence-electron chi connectivity index (χ4n) is 3.21. The van der Waals surface area contributed by atoms with Gasteiger partial charge in [-0.3, -0.25) is 4.79 Å². The Morgan fingerprint density at radius 1 is 1.12 bits per heavy atom. The largest absolute Gasteiger partial charge is 0.351 e. The third-order valence-electron chi connectivity index (χ3n) is 4.56. The maximum Gasteiger partial charge on any atom is 0.269 e. The van der Waals surface area contributed by atoms with E-state index in [4.69, 9.17) is 0 Å². The summed E-state index contributed by atoms with van der Waals surface area (Å²) in [4.78, 5) is 14.9. The molecule has 5 heteroatoms. The van der Waals surface area contributed by atoms with Crippen molar-refractivity contribution in [3.63, 3.8) is 0 Å². The molecule has 3 aromatic rings. The maximum atomic E-state index is 12.6. The molecule has 1 aromatic heterocycles. The molecule has 0 aliphatic carbocycles. The molecule has 0 fully saturated rings. The Hall–Kier alpha value is -2.11. The number of hydrogen-bond acceptors (Lipinski definition) is 2. The molecule has 0 radical (unpaired) electrons. The van der Waals surface area contributed by atoms with Gasteiger partial charge in [-0.25, -0.2) is 0 Å². The summed E-state index contributed by atoms with van der Waals surface area (Å²) in [6, 6.07) is 18.4. The predicted molar refractivity (Wildman–Crippen MR) is 110 cm³/mol. The van der Waals surface area contributed by atoms with Gasteiger partial charge in [0.05, 0.1) is 4.47 Å².